The van der Waals surface area contributed by atoms with Crippen molar-refractivity contribution in [3.63, 3.8) is 0 Å². The summed E-state index contributed by atoms with van der Waals surface area (Å²) < 4.78 is 34.7. The van der Waals surface area contributed by atoms with Crippen molar-refractivity contribution in [3.8, 4) is 11.5 Å². The number of carbonyl (C=O) groups is 1. The molecule has 12 heteroatoms. The van der Waals surface area contributed by atoms with Gasteiger partial charge in [-0.1, -0.05) is 32.5 Å². The first kappa shape index (κ1) is 30.5. The number of ether oxygens (including phenoxy) is 1. The number of rotatable bonds is 9. The fourth-order valence-corrected chi connectivity index (χ4v) is 5.67. The van der Waals surface area contributed by atoms with E-state index in [1.54, 1.807) is 42.5 Å². The van der Waals surface area contributed by atoms with E-state index in [-0.39, 0.29) is 42.2 Å². The normalized spacial score (nSPS) is 14.1. The van der Waals surface area contributed by atoms with Gasteiger partial charge < -0.3 is 20.5 Å². The van der Waals surface area contributed by atoms with Crippen molar-refractivity contribution in [1.29, 1.82) is 0 Å². The van der Waals surface area contributed by atoms with E-state index >= 15 is 0 Å². The minimum absolute atomic E-state index is 0. The van der Waals surface area contributed by atoms with Crippen molar-refractivity contribution in [2.75, 3.05) is 42.1 Å². The number of carbonyl (C=O) groups excluding carboxylic acids is 1. The zero-order valence-electron chi connectivity index (χ0n) is 22.8. The number of anilines is 4. The zero-order chi connectivity index (χ0) is 29.0. The predicted molar refractivity (Wildman–Crippen MR) is 165 cm³/mol. The summed E-state index contributed by atoms with van der Waals surface area (Å²) in [5, 5.41) is 15.9. The third-order valence-electron chi connectivity index (χ3n) is 6.86. The van der Waals surface area contributed by atoms with Gasteiger partial charge in [0.25, 0.3) is 10.0 Å². The first-order valence-electron chi connectivity index (χ1n) is 13.3. The van der Waals surface area contributed by atoms with Gasteiger partial charge in [0.05, 0.1) is 29.6 Å². The van der Waals surface area contributed by atoms with Crippen molar-refractivity contribution in [3.05, 3.63) is 66.7 Å². The summed E-state index contributed by atoms with van der Waals surface area (Å²) in [6.07, 6.45) is 2.11. The van der Waals surface area contributed by atoms with Crippen molar-refractivity contribution in [2.45, 2.75) is 32.1 Å². The van der Waals surface area contributed by atoms with E-state index in [0.29, 0.717) is 34.1 Å². The van der Waals surface area contributed by atoms with Crippen LogP contribution >= 0.6 is 0 Å². The zero-order valence-corrected chi connectivity index (χ0v) is 23.6. The van der Waals surface area contributed by atoms with E-state index in [4.69, 9.17) is 4.74 Å². The van der Waals surface area contributed by atoms with Crippen LogP contribution in [0.2, 0.25) is 0 Å². The maximum absolute atomic E-state index is 13.5. The molecule has 1 aliphatic heterocycles. The molecule has 42 heavy (non-hydrogen) atoms. The van der Waals surface area contributed by atoms with E-state index < -0.39 is 10.0 Å². The Bertz CT molecular complexity index is 1670. The molecule has 2 heterocycles. The molecule has 0 bridgehead atoms. The minimum Gasteiger partial charge on any atom is -0.508 e. The summed E-state index contributed by atoms with van der Waals surface area (Å²) in [5.41, 5.74) is 1.81. The smallest absolute Gasteiger partial charge is 0.263 e. The molecule has 0 atom stereocenters. The molecule has 11 nitrogen and oxygen atoms in total. The number of hydrogen-bond acceptors (Lipinski definition) is 9. The number of benzene rings is 3. The second kappa shape index (κ2) is 13.0. The Hall–Kier alpha value is -4.42. The topological polar surface area (TPSA) is 146 Å². The van der Waals surface area contributed by atoms with Gasteiger partial charge in [0, 0.05) is 29.6 Å². The molecule has 5 rings (SSSR count). The monoisotopic (exact) mass is 592 g/mol. The molecule has 1 fully saturated rings. The molecule has 0 aliphatic carbocycles. The lowest BCUT2D eigenvalue weighted by atomic mass is 9.99. The van der Waals surface area contributed by atoms with E-state index in [2.05, 4.69) is 37.1 Å². The maximum atomic E-state index is 13.5. The molecule has 0 radical (unpaired) electrons. The fraction of sp³-hybridized carbons (Fsp3) is 0.300. The van der Waals surface area contributed by atoms with Crippen LogP contribution < -0.4 is 20.1 Å². The lowest BCUT2D eigenvalue weighted by Gasteiger charge is -2.29. The molecule has 4 N–H and O–H groups in total. The van der Waals surface area contributed by atoms with Crippen LogP contribution in [0.4, 0.5) is 23.0 Å². The summed E-state index contributed by atoms with van der Waals surface area (Å²) in [4.78, 5) is 23.8. The Morgan fingerprint density at radius 1 is 0.976 bits per heavy atom. The number of sulfonamides is 1. The molecular formula is C30H36N6O5S. The number of piperidine rings is 1. The highest BCUT2D eigenvalue weighted by Crippen LogP contribution is 2.31. The molecule has 4 aromatic rings. The number of methoxy groups -OCH3 is 1. The number of aromatic hydroxyl groups is 1. The number of phenolic OH excluding ortho intramolecular Hbond substituents is 1. The Morgan fingerprint density at radius 3 is 2.36 bits per heavy atom. The summed E-state index contributed by atoms with van der Waals surface area (Å²) in [5.74, 6) is 0.901. The van der Waals surface area contributed by atoms with Gasteiger partial charge in [0.1, 0.15) is 11.5 Å². The molecule has 0 unspecified atom stereocenters. The average Bonchev–Trinajstić information content (AvgIpc) is 2.94. The number of likely N-dealkylation sites (tertiary alicyclic amines) is 1. The minimum atomic E-state index is -4.14. The second-order valence-electron chi connectivity index (χ2n) is 10.1. The van der Waals surface area contributed by atoms with Crippen molar-refractivity contribution in [2.24, 2.45) is 5.92 Å². The van der Waals surface area contributed by atoms with Crippen molar-refractivity contribution in [1.82, 2.24) is 14.9 Å². The predicted octanol–water partition coefficient (Wildman–Crippen LogP) is 5.19. The molecule has 0 saturated carbocycles. The number of nitrogens with zero attached hydrogens (tertiary/aromatic N) is 3. The highest BCUT2D eigenvalue weighted by Gasteiger charge is 2.21. The molecule has 3 aromatic carbocycles. The number of para-hydroxylation sites is 2. The van der Waals surface area contributed by atoms with Gasteiger partial charge in [0.15, 0.2) is 11.6 Å². The van der Waals surface area contributed by atoms with Crippen molar-refractivity contribution < 1.29 is 23.1 Å². The lowest BCUT2D eigenvalue weighted by molar-refractivity contribution is -0.117. The van der Waals surface area contributed by atoms with Crippen LogP contribution in [0.3, 0.4) is 0 Å². The van der Waals surface area contributed by atoms with Crippen LogP contribution in [0, 0.1) is 5.92 Å². The summed E-state index contributed by atoms with van der Waals surface area (Å²) in [6.45, 7) is 4.20. The van der Waals surface area contributed by atoms with E-state index in [0.717, 1.165) is 25.9 Å². The SMILES string of the molecule is C.COc1cc(O)cc(Nc2nc3ccccc3nc2NS(=O)(=O)c2cccc(NC(=O)CN3CCC(C)CC3)c2)c1. The van der Waals surface area contributed by atoms with E-state index in [1.807, 2.05) is 0 Å². The van der Waals surface area contributed by atoms with Gasteiger partial charge in [-0.25, -0.2) is 18.4 Å². The van der Waals surface area contributed by atoms with Gasteiger partial charge in [-0.05, 0) is 62.2 Å². The molecule has 222 valence electrons. The molecular weight excluding hydrogens is 556 g/mol. The molecule has 0 spiro atoms. The first-order chi connectivity index (χ1) is 19.7. The largest absolute Gasteiger partial charge is 0.508 e. The number of amides is 1. The number of fused-ring (bicyclic) bond motifs is 1. The Morgan fingerprint density at radius 2 is 1.67 bits per heavy atom. The average molecular weight is 593 g/mol. The standard InChI is InChI=1S/C29H32N6O5S.CH4/c1-19-10-12-35(13-11-19)18-27(37)30-20-6-5-7-24(16-20)41(38,39)34-29-28(32-25-8-3-4-9-26(25)33-29)31-21-14-22(36)17-23(15-21)40-2;/h3-9,14-17,19,36H,10-13,18H2,1-2H3,(H,30,37)(H,31,32)(H,33,34);1H4. The summed E-state index contributed by atoms with van der Waals surface area (Å²) >= 11 is 0. The quantitative estimate of drug-likeness (QED) is 0.206. The Kier molecular flexibility index (Phi) is 9.48. The highest BCUT2D eigenvalue weighted by molar-refractivity contribution is 7.92. The van der Waals surface area contributed by atoms with Crippen LogP contribution in [0.25, 0.3) is 11.0 Å². The van der Waals surface area contributed by atoms with Crippen molar-refractivity contribution >= 4 is 50.0 Å². The van der Waals surface area contributed by atoms with Crippen LogP contribution in [-0.2, 0) is 14.8 Å². The number of phenols is 1. The van der Waals surface area contributed by atoms with E-state index in [9.17, 15) is 18.3 Å². The molecule has 1 amide bonds. The van der Waals surface area contributed by atoms with Gasteiger partial charge in [0.2, 0.25) is 5.91 Å². The lowest BCUT2D eigenvalue weighted by Crippen LogP contribution is -2.38. The van der Waals surface area contributed by atoms with Gasteiger partial charge >= 0.3 is 0 Å². The second-order valence-corrected chi connectivity index (χ2v) is 11.8. The Balaban J connectivity index is 0.00000405. The highest BCUT2D eigenvalue weighted by atomic mass is 32.2. The molecule has 1 aliphatic rings. The Labute approximate surface area is 246 Å². The number of aromatic nitrogens is 2. The molecule has 1 aromatic heterocycles. The van der Waals surface area contributed by atoms with Crippen LogP contribution in [0.5, 0.6) is 11.5 Å². The fourth-order valence-electron chi connectivity index (χ4n) is 4.62. The third-order valence-corrected chi connectivity index (χ3v) is 8.20. The number of nitrogens with one attached hydrogen (secondary N) is 3. The third kappa shape index (κ3) is 7.45. The van der Waals surface area contributed by atoms with Crippen LogP contribution in [0.1, 0.15) is 27.2 Å². The number of hydrogen-bond donors (Lipinski definition) is 4. The van der Waals surface area contributed by atoms with Gasteiger partial charge in [-0.2, -0.15) is 0 Å². The molecule has 1 saturated heterocycles. The summed E-state index contributed by atoms with van der Waals surface area (Å²) in [6, 6.07) is 17.6. The van der Waals surface area contributed by atoms with Gasteiger partial charge in [-0.3, -0.25) is 14.4 Å². The van der Waals surface area contributed by atoms with E-state index in [1.165, 1.54) is 31.4 Å². The van der Waals surface area contributed by atoms with Crippen LogP contribution in [-0.4, -0.2) is 61.0 Å². The summed E-state index contributed by atoms with van der Waals surface area (Å²) in [7, 11) is -2.67. The first-order valence-corrected chi connectivity index (χ1v) is 14.7. The van der Waals surface area contributed by atoms with Gasteiger partial charge in [-0.15, -0.1) is 0 Å². The maximum Gasteiger partial charge on any atom is 0.263 e. The van der Waals surface area contributed by atoms with Crippen LogP contribution in [0.15, 0.2) is 71.6 Å².